The van der Waals surface area contributed by atoms with Crippen LogP contribution in [0.15, 0.2) is 53.2 Å². The molecule has 1 fully saturated rings. The van der Waals surface area contributed by atoms with Crippen LogP contribution in [0.2, 0.25) is 4.34 Å². The molecule has 3 atom stereocenters. The summed E-state index contributed by atoms with van der Waals surface area (Å²) in [5.74, 6) is -4.62. The van der Waals surface area contributed by atoms with Gasteiger partial charge in [0.2, 0.25) is 6.10 Å². The molecule has 2 aliphatic rings. The number of halogens is 1. The number of rotatable bonds is 11. The van der Waals surface area contributed by atoms with Gasteiger partial charge in [0.1, 0.15) is 32.8 Å². The van der Waals surface area contributed by atoms with Gasteiger partial charge in [-0.3, -0.25) is 19.3 Å². The highest BCUT2D eigenvalue weighted by atomic mass is 35.5. The normalized spacial score (nSPS) is 18.6. The zero-order valence-corrected chi connectivity index (χ0v) is 25.5. The Morgan fingerprint density at radius 2 is 2.00 bits per heavy atom. The number of oxime groups is 1. The van der Waals surface area contributed by atoms with Crippen LogP contribution in [0.3, 0.4) is 0 Å². The molecule has 3 aromatic rings. The zero-order valence-electron chi connectivity index (χ0n) is 23.1. The van der Waals surface area contributed by atoms with Crippen molar-refractivity contribution in [2.45, 2.75) is 31.0 Å². The molecule has 2 aliphatic heterocycles. The first-order valence-electron chi connectivity index (χ1n) is 12.9. The number of aliphatic carboxylic acids is 2. The Labute approximate surface area is 266 Å². The molecule has 0 aromatic carbocycles. The smallest absolute Gasteiger partial charge is 0.352 e. The second-order valence-electron chi connectivity index (χ2n) is 9.74. The third-order valence-electron chi connectivity index (χ3n) is 6.77. The summed E-state index contributed by atoms with van der Waals surface area (Å²) in [7, 11) is 0. The molecule has 0 spiro atoms. The third kappa shape index (κ3) is 6.33. The monoisotopic (exact) mass is 675 g/mol. The number of nitrogens with zero attached hydrogens (tertiary/aromatic N) is 4. The van der Waals surface area contributed by atoms with Crippen LogP contribution in [0, 0.1) is 0 Å². The van der Waals surface area contributed by atoms with E-state index in [2.05, 4.69) is 20.4 Å². The highest BCUT2D eigenvalue weighted by molar-refractivity contribution is 8.00. The Morgan fingerprint density at radius 1 is 1.29 bits per heavy atom. The molecule has 3 aromatic heterocycles. The summed E-state index contributed by atoms with van der Waals surface area (Å²) in [6, 6.07) is 4.07. The van der Waals surface area contributed by atoms with E-state index < -0.39 is 52.9 Å². The average molecular weight is 676 g/mol. The Hall–Kier alpha value is -4.94. The predicted octanol–water partition coefficient (Wildman–Crippen LogP) is 0.393. The van der Waals surface area contributed by atoms with Gasteiger partial charge in [-0.1, -0.05) is 28.1 Å². The van der Waals surface area contributed by atoms with Crippen molar-refractivity contribution in [2.75, 3.05) is 11.5 Å². The number of H-pyrrole nitrogens is 1. The summed E-state index contributed by atoms with van der Waals surface area (Å²) in [5, 5.41) is 24.6. The van der Waals surface area contributed by atoms with Gasteiger partial charge < -0.3 is 36.8 Å². The van der Waals surface area contributed by atoms with E-state index in [1.807, 2.05) is 0 Å². The number of thiazole rings is 1. The SMILES string of the molecule is C[C@H](O/N=C(\C(=O)N[C@@H]1C(=O)N2C(C(=O)O)=C(C[n+]3ccc(-c4c[nH]c(C(N)=O)c4)cc3)CSC12)c1nc(N)sc1Cl)C(=O)O. The molecule has 0 radical (unpaired) electrons. The second-order valence-corrected chi connectivity index (χ2v) is 12.5. The highest BCUT2D eigenvalue weighted by Crippen LogP contribution is 2.40. The van der Waals surface area contributed by atoms with Crippen molar-refractivity contribution in [1.29, 1.82) is 0 Å². The topological polar surface area (TPSA) is 247 Å². The summed E-state index contributed by atoms with van der Waals surface area (Å²) in [6.45, 7) is 1.36. The van der Waals surface area contributed by atoms with Gasteiger partial charge in [0.25, 0.3) is 17.7 Å². The molecule has 16 nitrogen and oxygen atoms in total. The summed E-state index contributed by atoms with van der Waals surface area (Å²) in [5.41, 5.74) is 12.4. The van der Waals surface area contributed by atoms with Crippen molar-refractivity contribution in [1.82, 2.24) is 20.2 Å². The van der Waals surface area contributed by atoms with Gasteiger partial charge in [-0.05, 0) is 18.6 Å². The van der Waals surface area contributed by atoms with Gasteiger partial charge in [-0.15, -0.1) is 11.8 Å². The van der Waals surface area contributed by atoms with Crippen molar-refractivity contribution in [2.24, 2.45) is 10.9 Å². The summed E-state index contributed by atoms with van der Waals surface area (Å²) in [4.78, 5) is 74.2. The summed E-state index contributed by atoms with van der Waals surface area (Å²) < 4.78 is 1.73. The zero-order chi connectivity index (χ0) is 32.6. The van der Waals surface area contributed by atoms with E-state index in [1.165, 1.54) is 18.7 Å². The van der Waals surface area contributed by atoms with E-state index in [0.717, 1.165) is 27.4 Å². The minimum absolute atomic E-state index is 0.00785. The lowest BCUT2D eigenvalue weighted by Gasteiger charge is -2.49. The van der Waals surface area contributed by atoms with Crippen molar-refractivity contribution >= 4 is 75.2 Å². The number of thioether (sulfide) groups is 1. The molecular formula is C26H24ClN8O8S2+. The maximum Gasteiger partial charge on any atom is 0.352 e. The number of anilines is 1. The number of amides is 3. The lowest BCUT2D eigenvalue weighted by Crippen LogP contribution is -2.71. The van der Waals surface area contributed by atoms with E-state index in [9.17, 15) is 29.1 Å². The number of carbonyl (C=O) groups excluding carboxylic acids is 3. The summed E-state index contributed by atoms with van der Waals surface area (Å²) in [6.07, 6.45) is 3.70. The van der Waals surface area contributed by atoms with Crippen LogP contribution in [0.5, 0.6) is 0 Å². The van der Waals surface area contributed by atoms with Crippen LogP contribution in [0.1, 0.15) is 23.1 Å². The van der Waals surface area contributed by atoms with E-state index in [1.54, 1.807) is 41.4 Å². The molecule has 45 heavy (non-hydrogen) atoms. The van der Waals surface area contributed by atoms with Gasteiger partial charge in [-0.25, -0.2) is 19.1 Å². The van der Waals surface area contributed by atoms with E-state index >= 15 is 0 Å². The fourth-order valence-corrected chi connectivity index (χ4v) is 6.79. The van der Waals surface area contributed by atoms with E-state index in [4.69, 9.17) is 33.0 Å². The molecule has 5 heterocycles. The molecule has 0 bridgehead atoms. The Kier molecular flexibility index (Phi) is 8.80. The fraction of sp³-hybridized carbons (Fsp3) is 0.231. The average Bonchev–Trinajstić information content (AvgIpc) is 3.62. The van der Waals surface area contributed by atoms with Gasteiger partial charge >= 0.3 is 11.9 Å². The predicted molar refractivity (Wildman–Crippen MR) is 161 cm³/mol. The molecule has 3 amide bonds. The van der Waals surface area contributed by atoms with Crippen LogP contribution < -0.4 is 21.4 Å². The van der Waals surface area contributed by atoms with Gasteiger partial charge in [0.05, 0.1) is 0 Å². The number of carboxylic acids is 2. The first-order valence-corrected chi connectivity index (χ1v) is 15.2. The van der Waals surface area contributed by atoms with Crippen molar-refractivity contribution in [3.05, 3.63) is 63.8 Å². The number of nitrogens with one attached hydrogen (secondary N) is 2. The second kappa shape index (κ2) is 12.6. The number of aromatic amines is 1. The molecule has 0 saturated carbocycles. The van der Waals surface area contributed by atoms with Crippen LogP contribution in [0.25, 0.3) is 11.1 Å². The number of carbonyl (C=O) groups is 5. The standard InChI is InChI=1S/C26H23ClN8O8S2/c1-10(24(39)40)43-33-16(15-19(27)45-26(29)32-15)21(37)31-17-22(38)35-18(25(41)42)13(9-44-23(17)35)8-34-4-2-11(3-5-34)12-6-14(20(28)36)30-7-12/h2-7,10,17,23H,8-9H2,1H3,(H7,28,29,31,32,36,37,39,40,41,42)/p+1/b33-16-/t10-,17+,23?/m0/s1. The first-order chi connectivity index (χ1) is 21.3. The quantitative estimate of drug-likeness (QED) is 0.0702. The Morgan fingerprint density at radius 3 is 2.58 bits per heavy atom. The number of primary amides is 1. The van der Waals surface area contributed by atoms with Gasteiger partial charge in [-0.2, -0.15) is 0 Å². The molecule has 1 unspecified atom stereocenters. The number of pyridine rings is 1. The number of hydrogen-bond acceptors (Lipinski definition) is 11. The minimum atomic E-state index is -1.42. The molecule has 234 valence electrons. The van der Waals surface area contributed by atoms with Gasteiger partial charge in [0.15, 0.2) is 29.8 Å². The van der Waals surface area contributed by atoms with Crippen LogP contribution in [-0.2, 0) is 30.6 Å². The third-order valence-corrected chi connectivity index (χ3v) is 9.20. The Bertz CT molecular complexity index is 1790. The molecule has 0 aliphatic carbocycles. The van der Waals surface area contributed by atoms with Crippen LogP contribution in [-0.4, -0.2) is 83.7 Å². The maximum atomic E-state index is 13.3. The van der Waals surface area contributed by atoms with Crippen LogP contribution >= 0.6 is 34.7 Å². The molecular weight excluding hydrogens is 652 g/mol. The molecule has 1 saturated heterocycles. The number of nitrogen functional groups attached to an aromatic ring is 1. The number of nitrogens with two attached hydrogens (primary N) is 2. The molecule has 19 heteroatoms. The minimum Gasteiger partial charge on any atom is -0.478 e. The number of hydrogen-bond donors (Lipinski definition) is 6. The number of fused-ring (bicyclic) bond motifs is 1. The van der Waals surface area contributed by atoms with Crippen LogP contribution in [0.4, 0.5) is 5.13 Å². The number of β-lactam (4-membered cyclic amide) rings is 1. The number of carboxylic acid groups (broad SMARTS) is 2. The Balaban J connectivity index is 1.33. The van der Waals surface area contributed by atoms with E-state index in [-0.39, 0.29) is 38.9 Å². The first kappa shape index (κ1) is 31.5. The highest BCUT2D eigenvalue weighted by Gasteiger charge is 2.55. The lowest BCUT2D eigenvalue weighted by molar-refractivity contribution is -0.689. The maximum absolute atomic E-state index is 13.3. The molecule has 8 N–H and O–H groups in total. The number of aromatic nitrogens is 3. The van der Waals surface area contributed by atoms with Crippen molar-refractivity contribution in [3.63, 3.8) is 0 Å². The largest absolute Gasteiger partial charge is 0.478 e. The molecule has 5 rings (SSSR count). The van der Waals surface area contributed by atoms with Crippen molar-refractivity contribution < 1.29 is 43.6 Å². The van der Waals surface area contributed by atoms with E-state index in [0.29, 0.717) is 5.57 Å². The fourth-order valence-electron chi connectivity index (χ4n) is 4.53. The van der Waals surface area contributed by atoms with Crippen molar-refractivity contribution in [3.8, 4) is 11.1 Å². The van der Waals surface area contributed by atoms with Gasteiger partial charge in [0, 0.05) is 35.2 Å². The summed E-state index contributed by atoms with van der Waals surface area (Å²) >= 11 is 8.25. The lowest BCUT2D eigenvalue weighted by atomic mass is 10.0.